The van der Waals surface area contributed by atoms with E-state index in [0.29, 0.717) is 39.3 Å². The van der Waals surface area contributed by atoms with E-state index in [-0.39, 0.29) is 42.7 Å². The molecule has 0 saturated carbocycles. The quantitative estimate of drug-likeness (QED) is 0.137. The van der Waals surface area contributed by atoms with Gasteiger partial charge in [0, 0.05) is 22.9 Å². The molecule has 0 bridgehead atoms. The maximum Gasteiger partial charge on any atom is 0.305 e. The zero-order valence-corrected chi connectivity index (χ0v) is 25.5. The third-order valence-electron chi connectivity index (χ3n) is 7.59. The van der Waals surface area contributed by atoms with Crippen LogP contribution in [-0.2, 0) is 17.8 Å². The molecule has 2 unspecified atom stereocenters. The molecule has 4 rings (SSSR count). The second-order valence-electron chi connectivity index (χ2n) is 11.2. The lowest BCUT2D eigenvalue weighted by Gasteiger charge is -2.21. The lowest BCUT2D eigenvalue weighted by molar-refractivity contribution is -0.139. The Kier molecular flexibility index (Phi) is 11.1. The highest BCUT2D eigenvalue weighted by molar-refractivity contribution is 6.04. The minimum atomic E-state index is -1.24. The summed E-state index contributed by atoms with van der Waals surface area (Å²) >= 11 is 0. The number of aromatic nitrogens is 1. The normalized spacial score (nSPS) is 12.6. The molecule has 1 heterocycles. The van der Waals surface area contributed by atoms with Gasteiger partial charge >= 0.3 is 5.97 Å². The van der Waals surface area contributed by atoms with Crippen LogP contribution in [0.1, 0.15) is 60.9 Å². The summed E-state index contributed by atoms with van der Waals surface area (Å²) in [4.78, 5) is 25.1. The van der Waals surface area contributed by atoms with Gasteiger partial charge in [0.1, 0.15) is 17.3 Å². The third kappa shape index (κ3) is 8.14. The molecule has 0 fully saturated rings. The van der Waals surface area contributed by atoms with E-state index in [1.165, 1.54) is 19.2 Å². The van der Waals surface area contributed by atoms with Crippen LogP contribution in [0, 0.1) is 5.82 Å². The predicted molar refractivity (Wildman–Crippen MR) is 167 cm³/mol. The Balaban J connectivity index is 1.87. The number of halogens is 2. The zero-order chi connectivity index (χ0) is 32.7. The number of carbonyl (C=O) groups is 2. The van der Waals surface area contributed by atoms with Gasteiger partial charge in [-0.2, -0.15) is 5.12 Å². The van der Waals surface area contributed by atoms with E-state index in [4.69, 9.17) is 9.84 Å². The van der Waals surface area contributed by atoms with E-state index in [9.17, 15) is 24.2 Å². The zero-order valence-electron chi connectivity index (χ0n) is 25.5. The number of benzene rings is 3. The number of nitrogens with zero attached hydrogens (tertiary/aromatic N) is 2. The standard InChI is InChI=1S/C35H38F2N2O6/c1-22(2)39-30(18-15-27(40)19-28(41)20-31(42)43)32(25-11-13-26(36)14-12-25)33(24-7-5-4-6-8-24)34(39)35(44)38(37)21-23-9-16-29(45-3)17-10-23/h4-14,16-17,22,27-28,40-41H,15,18-21H2,1-3H3,(H,42,43). The number of aliphatic carboxylic acids is 1. The monoisotopic (exact) mass is 620 g/mol. The van der Waals surface area contributed by atoms with Gasteiger partial charge in [-0.05, 0) is 74.1 Å². The first-order valence-corrected chi connectivity index (χ1v) is 14.8. The van der Waals surface area contributed by atoms with Crippen LogP contribution in [0.15, 0.2) is 78.9 Å². The number of ether oxygens (including phenoxy) is 1. The van der Waals surface area contributed by atoms with Gasteiger partial charge in [-0.1, -0.05) is 59.1 Å². The van der Waals surface area contributed by atoms with Gasteiger partial charge in [-0.3, -0.25) is 9.59 Å². The van der Waals surface area contributed by atoms with Crippen LogP contribution >= 0.6 is 0 Å². The lowest BCUT2D eigenvalue weighted by atomic mass is 9.92. The molecule has 1 aromatic heterocycles. The molecular weight excluding hydrogens is 582 g/mol. The van der Waals surface area contributed by atoms with Gasteiger partial charge in [0.05, 0.1) is 32.3 Å². The molecule has 8 nitrogen and oxygen atoms in total. The number of amides is 1. The number of methoxy groups -OCH3 is 1. The Bertz CT molecular complexity index is 1590. The molecule has 3 aromatic carbocycles. The molecule has 0 radical (unpaired) electrons. The molecule has 0 aliphatic carbocycles. The van der Waals surface area contributed by atoms with Crippen molar-refractivity contribution in [3.8, 4) is 28.0 Å². The first-order chi connectivity index (χ1) is 21.5. The summed E-state index contributed by atoms with van der Waals surface area (Å²) in [5, 5.41) is 30.0. The van der Waals surface area contributed by atoms with E-state index in [1.54, 1.807) is 41.0 Å². The van der Waals surface area contributed by atoms with Crippen molar-refractivity contribution < 1.29 is 38.5 Å². The predicted octanol–water partition coefficient (Wildman–Crippen LogP) is 6.60. The molecular formula is C35H38F2N2O6. The molecule has 1 amide bonds. The molecule has 0 aliphatic rings. The summed E-state index contributed by atoms with van der Waals surface area (Å²) in [7, 11) is 1.53. The van der Waals surface area contributed by atoms with Crippen molar-refractivity contribution in [1.29, 1.82) is 0 Å². The fraction of sp³-hybridized carbons (Fsp3) is 0.314. The Hall–Kier alpha value is -4.54. The average Bonchev–Trinajstić information content (AvgIpc) is 3.35. The maximum absolute atomic E-state index is 15.9. The summed E-state index contributed by atoms with van der Waals surface area (Å²) in [5.41, 5.74) is 3.57. The number of rotatable bonds is 14. The van der Waals surface area contributed by atoms with Crippen LogP contribution in [0.25, 0.3) is 22.3 Å². The van der Waals surface area contributed by atoms with Gasteiger partial charge < -0.3 is 24.6 Å². The molecule has 0 aliphatic heterocycles. The number of carboxylic acid groups (broad SMARTS) is 1. The number of hydrogen-bond donors (Lipinski definition) is 3. The first kappa shape index (κ1) is 33.4. The summed E-state index contributed by atoms with van der Waals surface area (Å²) in [6, 6.07) is 21.3. The molecule has 238 valence electrons. The first-order valence-electron chi connectivity index (χ1n) is 14.8. The van der Waals surface area contributed by atoms with Crippen molar-refractivity contribution in [3.05, 3.63) is 102 Å². The van der Waals surface area contributed by atoms with Crippen molar-refractivity contribution in [2.45, 2.75) is 64.3 Å². The Morgan fingerprint density at radius 1 is 0.889 bits per heavy atom. The molecule has 3 N–H and O–H groups in total. The van der Waals surface area contributed by atoms with E-state index < -0.39 is 36.3 Å². The third-order valence-corrected chi connectivity index (χ3v) is 7.59. The van der Waals surface area contributed by atoms with Gasteiger partial charge in [0.15, 0.2) is 0 Å². The minimum Gasteiger partial charge on any atom is -0.497 e. The highest BCUT2D eigenvalue weighted by Gasteiger charge is 2.33. The van der Waals surface area contributed by atoms with E-state index in [2.05, 4.69) is 0 Å². The maximum atomic E-state index is 15.9. The van der Waals surface area contributed by atoms with Crippen molar-refractivity contribution in [2.75, 3.05) is 7.11 Å². The number of aliphatic hydroxyl groups is 2. The molecule has 0 saturated heterocycles. The Labute approximate surface area is 261 Å². The van der Waals surface area contributed by atoms with Gasteiger partial charge in [-0.25, -0.2) is 4.39 Å². The number of carbonyl (C=O) groups excluding carboxylic acids is 1. The second kappa shape index (κ2) is 15.0. The van der Waals surface area contributed by atoms with E-state index in [0.717, 1.165) is 0 Å². The molecule has 10 heteroatoms. The fourth-order valence-electron chi connectivity index (χ4n) is 5.58. The Morgan fingerprint density at radius 3 is 2.09 bits per heavy atom. The van der Waals surface area contributed by atoms with Crippen LogP contribution in [-0.4, -0.2) is 56.2 Å². The highest BCUT2D eigenvalue weighted by Crippen LogP contribution is 2.43. The van der Waals surface area contributed by atoms with Gasteiger partial charge in [0.25, 0.3) is 5.91 Å². The lowest BCUT2D eigenvalue weighted by Crippen LogP contribution is -2.27. The average molecular weight is 621 g/mol. The molecule has 4 aromatic rings. The molecule has 45 heavy (non-hydrogen) atoms. The Morgan fingerprint density at radius 2 is 1.51 bits per heavy atom. The van der Waals surface area contributed by atoms with Gasteiger partial charge in [-0.15, -0.1) is 0 Å². The van der Waals surface area contributed by atoms with Crippen LogP contribution < -0.4 is 4.74 Å². The van der Waals surface area contributed by atoms with Crippen molar-refractivity contribution in [1.82, 2.24) is 9.69 Å². The van der Waals surface area contributed by atoms with Crippen molar-refractivity contribution >= 4 is 11.9 Å². The van der Waals surface area contributed by atoms with E-state index in [1.807, 2.05) is 44.2 Å². The smallest absolute Gasteiger partial charge is 0.305 e. The number of carboxylic acids is 1. The summed E-state index contributed by atoms with van der Waals surface area (Å²) in [6.45, 7) is 3.41. The topological polar surface area (TPSA) is 112 Å². The summed E-state index contributed by atoms with van der Waals surface area (Å²) in [6.07, 6.45) is -2.63. The minimum absolute atomic E-state index is 0.0990. The fourth-order valence-corrected chi connectivity index (χ4v) is 5.58. The molecule has 2 atom stereocenters. The SMILES string of the molecule is COc1ccc(CN(F)C(=O)c2c(-c3ccccc3)c(-c3ccc(F)cc3)c(CCC(O)CC(O)CC(=O)O)n2C(C)C)cc1. The van der Waals surface area contributed by atoms with Crippen molar-refractivity contribution in [2.24, 2.45) is 0 Å². The van der Waals surface area contributed by atoms with Crippen LogP contribution in [0.4, 0.5) is 8.87 Å². The van der Waals surface area contributed by atoms with E-state index >= 15 is 4.48 Å². The summed E-state index contributed by atoms with van der Waals surface area (Å²) < 4.78 is 36.9. The second-order valence-corrected chi connectivity index (χ2v) is 11.2. The summed E-state index contributed by atoms with van der Waals surface area (Å²) in [5.74, 6) is -1.89. The largest absolute Gasteiger partial charge is 0.497 e. The van der Waals surface area contributed by atoms with Crippen LogP contribution in [0.3, 0.4) is 0 Å². The highest BCUT2D eigenvalue weighted by atomic mass is 19.2. The number of hydrogen-bond acceptors (Lipinski definition) is 5. The van der Waals surface area contributed by atoms with Gasteiger partial charge in [0.2, 0.25) is 0 Å². The van der Waals surface area contributed by atoms with Crippen LogP contribution in [0.2, 0.25) is 0 Å². The van der Waals surface area contributed by atoms with Crippen LogP contribution in [0.5, 0.6) is 5.75 Å². The molecule has 0 spiro atoms. The van der Waals surface area contributed by atoms with Crippen molar-refractivity contribution in [3.63, 3.8) is 0 Å². The number of aliphatic hydroxyl groups excluding tert-OH is 2.